The van der Waals surface area contributed by atoms with Crippen molar-refractivity contribution in [3.8, 4) is 0 Å². The molecule has 24 nitrogen and oxygen atoms in total. The molecule has 1 fully saturated rings. The van der Waals surface area contributed by atoms with Crippen LogP contribution in [0.15, 0.2) is 76.8 Å². The summed E-state index contributed by atoms with van der Waals surface area (Å²) in [6, 6.07) is 11.6. The number of nitrogens with one attached hydrogen (secondary N) is 2. The largest absolute Gasteiger partial charge is 0.464 e. The van der Waals surface area contributed by atoms with Gasteiger partial charge in [0.15, 0.2) is 0 Å². The van der Waals surface area contributed by atoms with E-state index in [2.05, 4.69) is 26.6 Å². The second kappa shape index (κ2) is 37.0. The number of hydrogen-bond donors (Lipinski definition) is 3. The summed E-state index contributed by atoms with van der Waals surface area (Å²) in [5.41, 5.74) is 7.11. The number of nitro benzene ring substituents is 1. The highest BCUT2D eigenvalue weighted by Crippen LogP contribution is 2.37. The van der Waals surface area contributed by atoms with Crippen LogP contribution in [0.5, 0.6) is 0 Å². The first-order valence-corrected chi connectivity index (χ1v) is 29.3. The minimum atomic E-state index is -1.17. The number of methoxy groups -OCH3 is 4. The number of carbonyl (C=O) groups is 8. The highest BCUT2D eigenvalue weighted by Gasteiger charge is 2.40. The van der Waals surface area contributed by atoms with Crippen LogP contribution in [0.3, 0.4) is 0 Å². The van der Waals surface area contributed by atoms with Crippen molar-refractivity contribution >= 4 is 68.9 Å². The third-order valence-electron chi connectivity index (χ3n) is 14.6. The summed E-state index contributed by atoms with van der Waals surface area (Å²) in [4.78, 5) is 128. The van der Waals surface area contributed by atoms with E-state index in [1.807, 2.05) is 52.0 Å². The lowest BCUT2D eigenvalue weighted by Crippen LogP contribution is -2.55. The lowest BCUT2D eigenvalue weighted by atomic mass is 9.73. The van der Waals surface area contributed by atoms with Gasteiger partial charge in [-0.3, -0.25) is 43.7 Å². The topological polar surface area (TPSA) is 292 Å². The summed E-state index contributed by atoms with van der Waals surface area (Å²) in [5.74, 6) is -5.84. The number of esters is 1. The zero-order valence-electron chi connectivity index (χ0n) is 51.3. The van der Waals surface area contributed by atoms with Crippen molar-refractivity contribution in [2.24, 2.45) is 29.4 Å². The molecule has 0 aromatic heterocycles. The van der Waals surface area contributed by atoms with E-state index in [9.17, 15) is 48.5 Å². The molecule has 0 bridgehead atoms. The Morgan fingerprint density at radius 1 is 0.741 bits per heavy atom. The molecule has 0 aliphatic carbocycles. The number of nitrogens with zero attached hydrogens (tertiary/aromatic N) is 6. The number of non-ortho nitro benzene ring substituents is 1. The third-order valence-corrected chi connectivity index (χ3v) is 15.1. The van der Waals surface area contributed by atoms with Gasteiger partial charge in [-0.05, 0) is 80.0 Å². The number of cyclic esters (lactones) is 1. The maximum Gasteiger partial charge on any atom is 0.328 e. The highest BCUT2D eigenvalue weighted by atomic mass is 79.9. The van der Waals surface area contributed by atoms with Crippen LogP contribution in [0.1, 0.15) is 72.4 Å². The van der Waals surface area contributed by atoms with E-state index < -0.39 is 102 Å². The first kappa shape index (κ1) is 72.6. The Balaban J connectivity index is 1.91. The molecule has 0 spiro atoms. The van der Waals surface area contributed by atoms with Gasteiger partial charge in [0.25, 0.3) is 5.69 Å². The molecule has 4 N–H and O–H groups in total. The molecular formula is C60H90BrN9O15. The summed E-state index contributed by atoms with van der Waals surface area (Å²) in [5, 5.41) is 17.3. The Labute approximate surface area is 508 Å². The lowest BCUT2D eigenvalue weighted by Gasteiger charge is -2.41. The number of carbonyl (C=O) groups excluding carboxylic acids is 8. The number of nitro groups is 1. The van der Waals surface area contributed by atoms with Gasteiger partial charge in [0, 0.05) is 103 Å². The molecule has 2 aromatic rings. The van der Waals surface area contributed by atoms with Crippen molar-refractivity contribution in [2.75, 3.05) is 127 Å². The molecule has 1 aliphatic heterocycles. The standard InChI is InChI=1S/C60H90BrN9O15/c1-41(2)49(60(7,64-57(76)56(62)42(3)4)46-15-19-48(20-16-46)70(79)80)21-22-52(72)65(25-12-30-81-8)36-43(5)35-44(6)58(77)69(29-34-84-11)40-55(75)68(28-33-83-10)39-53(73)66(26-23-45-13-17-47(61)18-14-45)38-54(74)67(27-32-82-9)37-51(71)63-50-24-31-85-59(50)78/h13-22,35,41-42,44,49-50,56H,12,23-34,36-40,62H2,1-11H3,(H,63,71)(H,64,76)/b22-21+,43-35+/t44-,49-,50-,56-,60+/m0/s1. The van der Waals surface area contributed by atoms with Crippen LogP contribution in [0.4, 0.5) is 5.69 Å². The van der Waals surface area contributed by atoms with Gasteiger partial charge in [-0.1, -0.05) is 80.4 Å². The first-order valence-electron chi connectivity index (χ1n) is 28.6. The van der Waals surface area contributed by atoms with Gasteiger partial charge < -0.3 is 64.6 Å². The number of amides is 7. The first-order chi connectivity index (χ1) is 40.3. The average Bonchev–Trinajstić information content (AvgIpc) is 3.32. The average molecular weight is 1260 g/mol. The maximum absolute atomic E-state index is 14.5. The normalized spacial score (nSPS) is 15.2. The Morgan fingerprint density at radius 3 is 1.78 bits per heavy atom. The van der Waals surface area contributed by atoms with Crippen LogP contribution < -0.4 is 16.4 Å². The van der Waals surface area contributed by atoms with Crippen LogP contribution in [-0.2, 0) is 74.0 Å². The van der Waals surface area contributed by atoms with Gasteiger partial charge in [-0.2, -0.15) is 0 Å². The minimum absolute atomic E-state index is 0.00237. The fourth-order valence-electron chi connectivity index (χ4n) is 9.59. The smallest absolute Gasteiger partial charge is 0.328 e. The Kier molecular flexibility index (Phi) is 31.6. The Hall–Kier alpha value is -6.64. The van der Waals surface area contributed by atoms with Gasteiger partial charge in [0.05, 0.1) is 75.0 Å². The van der Waals surface area contributed by atoms with Crippen LogP contribution >= 0.6 is 15.9 Å². The van der Waals surface area contributed by atoms with Crippen molar-refractivity contribution in [1.82, 2.24) is 35.1 Å². The van der Waals surface area contributed by atoms with E-state index in [0.717, 1.165) is 10.0 Å². The molecule has 0 radical (unpaired) electrons. The van der Waals surface area contributed by atoms with Crippen molar-refractivity contribution in [2.45, 2.75) is 85.4 Å². The molecule has 85 heavy (non-hydrogen) atoms. The SMILES string of the molecule is COCCCN(C/C(C)=C/[C@H](C)C(=O)N(CCOC)CC(=O)N(CCOC)CC(=O)N(CCc1ccc(Br)cc1)CC(=O)N(CCOC)CC(=O)N[C@H]1CCOC1=O)C(=O)/C=C/[C@@H](C(C)C)[C@](C)(NC(=O)[C@@H](N)C(C)C)c1ccc([N+](=O)[O-])cc1. The van der Waals surface area contributed by atoms with Crippen molar-refractivity contribution in [3.63, 3.8) is 0 Å². The summed E-state index contributed by atoms with van der Waals surface area (Å²) in [6.07, 6.45) is 6.01. The van der Waals surface area contributed by atoms with E-state index >= 15 is 0 Å². The Morgan fingerprint density at radius 2 is 1.27 bits per heavy atom. The number of rotatable bonds is 38. The van der Waals surface area contributed by atoms with Crippen LogP contribution in [0.2, 0.25) is 0 Å². The molecule has 1 heterocycles. The monoisotopic (exact) mass is 1260 g/mol. The second-order valence-corrected chi connectivity index (χ2v) is 22.9. The number of ether oxygens (including phenoxy) is 5. The number of halogens is 1. The van der Waals surface area contributed by atoms with E-state index in [-0.39, 0.29) is 89.1 Å². The lowest BCUT2D eigenvalue weighted by molar-refractivity contribution is -0.384. The minimum Gasteiger partial charge on any atom is -0.464 e. The summed E-state index contributed by atoms with van der Waals surface area (Å²) in [7, 11) is 5.90. The van der Waals surface area contributed by atoms with Gasteiger partial charge in [-0.25, -0.2) is 4.79 Å². The zero-order chi connectivity index (χ0) is 63.4. The van der Waals surface area contributed by atoms with Crippen LogP contribution in [0.25, 0.3) is 0 Å². The fraction of sp³-hybridized carbons (Fsp3) is 0.600. The summed E-state index contributed by atoms with van der Waals surface area (Å²) in [6.45, 7) is 12.1. The molecule has 1 saturated heterocycles. The highest BCUT2D eigenvalue weighted by molar-refractivity contribution is 9.10. The number of hydrogen-bond acceptors (Lipinski definition) is 16. The molecular weight excluding hydrogens is 1170 g/mol. The van der Waals surface area contributed by atoms with E-state index in [0.29, 0.717) is 37.0 Å². The number of benzene rings is 2. The summed E-state index contributed by atoms with van der Waals surface area (Å²) < 4.78 is 27.1. The fourth-order valence-corrected chi connectivity index (χ4v) is 9.86. The molecule has 3 rings (SSSR count). The van der Waals surface area contributed by atoms with Gasteiger partial charge >= 0.3 is 5.97 Å². The molecule has 0 unspecified atom stereocenters. The molecule has 472 valence electrons. The predicted molar refractivity (Wildman–Crippen MR) is 322 cm³/mol. The van der Waals surface area contributed by atoms with Gasteiger partial charge in [0.2, 0.25) is 41.4 Å². The molecule has 7 amide bonds. The van der Waals surface area contributed by atoms with Gasteiger partial charge in [0.1, 0.15) is 6.04 Å². The van der Waals surface area contributed by atoms with Crippen molar-refractivity contribution in [1.29, 1.82) is 0 Å². The molecule has 0 saturated carbocycles. The van der Waals surface area contributed by atoms with E-state index in [1.54, 1.807) is 57.1 Å². The molecule has 25 heteroatoms. The van der Waals surface area contributed by atoms with Crippen molar-refractivity contribution in [3.05, 3.63) is 98.0 Å². The Bertz CT molecular complexity index is 2590. The van der Waals surface area contributed by atoms with Crippen LogP contribution in [0, 0.1) is 33.8 Å². The van der Waals surface area contributed by atoms with E-state index in [1.165, 1.54) is 59.1 Å². The maximum atomic E-state index is 14.5. The van der Waals surface area contributed by atoms with E-state index in [4.69, 9.17) is 29.4 Å². The number of nitrogens with two attached hydrogens (primary N) is 1. The summed E-state index contributed by atoms with van der Waals surface area (Å²) >= 11 is 3.44. The molecule has 5 atom stereocenters. The van der Waals surface area contributed by atoms with Crippen molar-refractivity contribution < 1.29 is 67.0 Å². The molecule has 1 aliphatic rings. The van der Waals surface area contributed by atoms with Gasteiger partial charge in [-0.15, -0.1) is 0 Å². The zero-order valence-corrected chi connectivity index (χ0v) is 52.9. The second-order valence-electron chi connectivity index (χ2n) is 21.9. The van der Waals surface area contributed by atoms with Crippen LogP contribution in [-0.4, -0.2) is 216 Å². The third kappa shape index (κ3) is 24.0. The molecule has 2 aromatic carbocycles. The predicted octanol–water partition coefficient (Wildman–Crippen LogP) is 3.88. The quantitative estimate of drug-likeness (QED) is 0.0215.